The molecule has 0 spiro atoms. The molecule has 164 valence electrons. The highest BCUT2D eigenvalue weighted by molar-refractivity contribution is 7.89. The number of nitrogens with one attached hydrogen (secondary N) is 1. The average Bonchev–Trinajstić information content (AvgIpc) is 2.79. The Kier molecular flexibility index (Phi) is 5.59. The number of sulfonamides is 1. The monoisotopic (exact) mass is 445 g/mol. The van der Waals surface area contributed by atoms with Gasteiger partial charge in [-0.1, -0.05) is 0 Å². The molecule has 0 radical (unpaired) electrons. The molecule has 4 rings (SSSR count). The van der Waals surface area contributed by atoms with Gasteiger partial charge in [0.15, 0.2) is 6.10 Å². The molecule has 2 aliphatic rings. The first-order chi connectivity index (χ1) is 14.8. The molecule has 0 saturated carbocycles. The minimum atomic E-state index is -3.78. The SMILES string of the molecule is COc1ccc(C(=O)N2CCN(S(=O)(=O)c3ccc4c(c3)NC(=O)C(C)O4)CC2)cc1. The third kappa shape index (κ3) is 4.08. The lowest BCUT2D eigenvalue weighted by molar-refractivity contribution is -0.122. The van der Waals surface area contributed by atoms with Crippen molar-refractivity contribution in [2.45, 2.75) is 17.9 Å². The number of carbonyl (C=O) groups is 2. The summed E-state index contributed by atoms with van der Waals surface area (Å²) < 4.78 is 38.1. The molecule has 10 heteroatoms. The van der Waals surface area contributed by atoms with E-state index >= 15 is 0 Å². The van der Waals surface area contributed by atoms with Crippen LogP contribution in [0.1, 0.15) is 17.3 Å². The summed E-state index contributed by atoms with van der Waals surface area (Å²) in [6, 6.07) is 11.2. The predicted octanol–water partition coefficient (Wildman–Crippen LogP) is 1.56. The molecule has 1 fully saturated rings. The van der Waals surface area contributed by atoms with Crippen LogP contribution in [-0.2, 0) is 14.8 Å². The Bertz CT molecular complexity index is 1110. The molecule has 2 aromatic rings. The van der Waals surface area contributed by atoms with Gasteiger partial charge in [-0.25, -0.2) is 8.42 Å². The van der Waals surface area contributed by atoms with Crippen molar-refractivity contribution in [1.82, 2.24) is 9.21 Å². The van der Waals surface area contributed by atoms with Crippen LogP contribution in [0.2, 0.25) is 0 Å². The number of carbonyl (C=O) groups excluding carboxylic acids is 2. The van der Waals surface area contributed by atoms with E-state index in [9.17, 15) is 18.0 Å². The molecular formula is C21H23N3O6S. The summed E-state index contributed by atoms with van der Waals surface area (Å²) in [5.41, 5.74) is 0.856. The summed E-state index contributed by atoms with van der Waals surface area (Å²) in [5, 5.41) is 2.66. The highest BCUT2D eigenvalue weighted by Crippen LogP contribution is 2.33. The number of nitrogens with zero attached hydrogens (tertiary/aromatic N) is 2. The van der Waals surface area contributed by atoms with Crippen LogP contribution in [0.25, 0.3) is 0 Å². The predicted molar refractivity (Wildman–Crippen MR) is 113 cm³/mol. The van der Waals surface area contributed by atoms with Crippen molar-refractivity contribution >= 4 is 27.5 Å². The summed E-state index contributed by atoms with van der Waals surface area (Å²) in [6.45, 7) is 2.55. The molecule has 9 nitrogen and oxygen atoms in total. The number of rotatable bonds is 4. The van der Waals surface area contributed by atoms with Crippen molar-refractivity contribution in [2.24, 2.45) is 0 Å². The van der Waals surface area contributed by atoms with Crippen LogP contribution in [0.4, 0.5) is 5.69 Å². The van der Waals surface area contributed by atoms with Gasteiger partial charge in [0.25, 0.3) is 11.8 Å². The standard InChI is InChI=1S/C21H23N3O6S/c1-14-20(25)22-18-13-17(7-8-19(18)30-14)31(27,28)24-11-9-23(10-12-24)21(26)15-3-5-16(29-2)6-4-15/h3-8,13-14H,9-12H2,1-2H3,(H,22,25). The summed E-state index contributed by atoms with van der Waals surface area (Å²) in [5.74, 6) is 0.615. The summed E-state index contributed by atoms with van der Waals surface area (Å²) in [4.78, 5) is 26.2. The Morgan fingerprint density at radius 1 is 1.10 bits per heavy atom. The van der Waals surface area contributed by atoms with E-state index in [0.717, 1.165) is 0 Å². The van der Waals surface area contributed by atoms with Gasteiger partial charge >= 0.3 is 0 Å². The Morgan fingerprint density at radius 2 is 1.77 bits per heavy atom. The van der Waals surface area contributed by atoms with Gasteiger partial charge in [-0.3, -0.25) is 9.59 Å². The number of methoxy groups -OCH3 is 1. The molecule has 1 unspecified atom stereocenters. The van der Waals surface area contributed by atoms with Gasteiger partial charge in [0.05, 0.1) is 17.7 Å². The number of amides is 2. The fraction of sp³-hybridized carbons (Fsp3) is 0.333. The van der Waals surface area contributed by atoms with E-state index in [-0.39, 0.29) is 42.9 Å². The fourth-order valence-corrected chi connectivity index (χ4v) is 4.99. The van der Waals surface area contributed by atoms with Crippen molar-refractivity contribution in [1.29, 1.82) is 0 Å². The lowest BCUT2D eigenvalue weighted by Crippen LogP contribution is -2.50. The number of piperazine rings is 1. The highest BCUT2D eigenvalue weighted by atomic mass is 32.2. The Morgan fingerprint density at radius 3 is 2.42 bits per heavy atom. The first kappa shape index (κ1) is 21.1. The molecule has 2 amide bonds. The molecule has 31 heavy (non-hydrogen) atoms. The van der Waals surface area contributed by atoms with Crippen LogP contribution in [0, 0.1) is 0 Å². The minimum absolute atomic E-state index is 0.0691. The Hall–Kier alpha value is -3.11. The number of hydrogen-bond acceptors (Lipinski definition) is 6. The topological polar surface area (TPSA) is 105 Å². The highest BCUT2D eigenvalue weighted by Gasteiger charge is 2.32. The fourth-order valence-electron chi connectivity index (χ4n) is 3.55. The molecule has 2 aliphatic heterocycles. The maximum absolute atomic E-state index is 13.1. The number of benzene rings is 2. The van der Waals surface area contributed by atoms with Crippen molar-refractivity contribution in [3.8, 4) is 11.5 Å². The van der Waals surface area contributed by atoms with Gasteiger partial charge in [0.2, 0.25) is 10.0 Å². The first-order valence-electron chi connectivity index (χ1n) is 9.84. The van der Waals surface area contributed by atoms with Gasteiger partial charge in [-0.2, -0.15) is 4.31 Å². The van der Waals surface area contributed by atoms with E-state index < -0.39 is 16.1 Å². The van der Waals surface area contributed by atoms with Crippen LogP contribution in [0.5, 0.6) is 11.5 Å². The maximum Gasteiger partial charge on any atom is 0.265 e. The van der Waals surface area contributed by atoms with Crippen LogP contribution in [0.15, 0.2) is 47.4 Å². The molecule has 1 N–H and O–H groups in total. The van der Waals surface area contributed by atoms with Gasteiger partial charge in [-0.05, 0) is 49.4 Å². The van der Waals surface area contributed by atoms with E-state index in [1.54, 1.807) is 49.3 Å². The normalized spacial score (nSPS) is 19.2. The maximum atomic E-state index is 13.1. The smallest absolute Gasteiger partial charge is 0.265 e. The van der Waals surface area contributed by atoms with Crippen molar-refractivity contribution in [2.75, 3.05) is 38.6 Å². The summed E-state index contributed by atoms with van der Waals surface area (Å²) >= 11 is 0. The van der Waals surface area contributed by atoms with Crippen molar-refractivity contribution < 1.29 is 27.5 Å². The van der Waals surface area contributed by atoms with Crippen molar-refractivity contribution in [3.63, 3.8) is 0 Å². The largest absolute Gasteiger partial charge is 0.497 e. The van der Waals surface area contributed by atoms with E-state index in [1.807, 2.05) is 0 Å². The van der Waals surface area contributed by atoms with Crippen LogP contribution in [-0.4, -0.2) is 68.8 Å². The lowest BCUT2D eigenvalue weighted by atomic mass is 10.2. The Labute approximate surface area is 180 Å². The molecule has 1 saturated heterocycles. The number of fused-ring (bicyclic) bond motifs is 1. The molecule has 1 atom stereocenters. The van der Waals surface area contributed by atoms with Crippen LogP contribution < -0.4 is 14.8 Å². The van der Waals surface area contributed by atoms with Crippen molar-refractivity contribution in [3.05, 3.63) is 48.0 Å². The van der Waals surface area contributed by atoms with Gasteiger partial charge in [0.1, 0.15) is 11.5 Å². The number of anilines is 1. The van der Waals surface area contributed by atoms with Crippen LogP contribution >= 0.6 is 0 Å². The molecule has 0 aliphatic carbocycles. The second-order valence-electron chi connectivity index (χ2n) is 7.33. The van der Waals surface area contributed by atoms with E-state index in [0.29, 0.717) is 22.7 Å². The minimum Gasteiger partial charge on any atom is -0.497 e. The molecular weight excluding hydrogens is 422 g/mol. The summed E-state index contributed by atoms with van der Waals surface area (Å²) in [6.07, 6.45) is -0.633. The zero-order valence-corrected chi connectivity index (χ0v) is 18.0. The number of ether oxygens (including phenoxy) is 2. The zero-order chi connectivity index (χ0) is 22.2. The van der Waals surface area contributed by atoms with E-state index in [4.69, 9.17) is 9.47 Å². The van der Waals surface area contributed by atoms with E-state index in [1.165, 1.54) is 16.4 Å². The lowest BCUT2D eigenvalue weighted by Gasteiger charge is -2.34. The Balaban J connectivity index is 1.45. The van der Waals surface area contributed by atoms with Gasteiger partial charge in [0, 0.05) is 31.7 Å². The van der Waals surface area contributed by atoms with E-state index in [2.05, 4.69) is 5.32 Å². The zero-order valence-electron chi connectivity index (χ0n) is 17.2. The summed E-state index contributed by atoms with van der Waals surface area (Å²) in [7, 11) is -2.22. The van der Waals surface area contributed by atoms with Gasteiger partial charge < -0.3 is 19.7 Å². The molecule has 0 aromatic heterocycles. The number of hydrogen-bond donors (Lipinski definition) is 1. The second-order valence-corrected chi connectivity index (χ2v) is 9.27. The quantitative estimate of drug-likeness (QED) is 0.766. The second kappa shape index (κ2) is 8.20. The third-order valence-electron chi connectivity index (χ3n) is 5.38. The third-order valence-corrected chi connectivity index (χ3v) is 7.28. The van der Waals surface area contributed by atoms with Crippen LogP contribution in [0.3, 0.4) is 0 Å². The molecule has 2 aromatic carbocycles. The molecule has 2 heterocycles. The molecule has 0 bridgehead atoms. The average molecular weight is 445 g/mol. The first-order valence-corrected chi connectivity index (χ1v) is 11.3. The van der Waals surface area contributed by atoms with Gasteiger partial charge in [-0.15, -0.1) is 0 Å².